The largest absolute Gasteiger partial charge is 0.459 e. The standard InChI is InChI=1S/C15H19NO2.C2H6/c1-10(2)12-3-6-16-13-9-14(18-15(12)13)11-4-7-17-8-5-11;1-2/h3,6,9-11H,4-5,7-8H2,1-2H3;1-2H3. The monoisotopic (exact) mass is 275 g/mol. The zero-order valence-electron chi connectivity index (χ0n) is 13.0. The summed E-state index contributed by atoms with van der Waals surface area (Å²) in [6, 6.07) is 4.17. The van der Waals surface area contributed by atoms with Crippen LogP contribution in [0.5, 0.6) is 0 Å². The fourth-order valence-corrected chi connectivity index (χ4v) is 2.61. The Hall–Kier alpha value is -1.35. The number of furan rings is 1. The van der Waals surface area contributed by atoms with Crippen molar-refractivity contribution in [1.82, 2.24) is 4.98 Å². The Bertz CT molecular complexity index is 539. The van der Waals surface area contributed by atoms with Gasteiger partial charge in [-0.05, 0) is 24.8 Å². The summed E-state index contributed by atoms with van der Waals surface area (Å²) in [5.74, 6) is 2.03. The van der Waals surface area contributed by atoms with Crippen LogP contribution in [0.15, 0.2) is 22.7 Å². The summed E-state index contributed by atoms with van der Waals surface area (Å²) in [6.45, 7) is 10.1. The number of ether oxygens (including phenoxy) is 1. The lowest BCUT2D eigenvalue weighted by molar-refractivity contribution is 0.0810. The summed E-state index contributed by atoms with van der Waals surface area (Å²) in [5.41, 5.74) is 3.20. The fourth-order valence-electron chi connectivity index (χ4n) is 2.61. The Morgan fingerprint density at radius 3 is 2.55 bits per heavy atom. The SMILES string of the molecule is CC.CC(C)c1ccnc2cc(C3CCOCC3)oc12. The lowest BCUT2D eigenvalue weighted by Gasteiger charge is -2.19. The molecule has 3 heteroatoms. The Morgan fingerprint density at radius 1 is 1.20 bits per heavy atom. The number of hydrogen-bond donors (Lipinski definition) is 0. The third-order valence-electron chi connectivity index (χ3n) is 3.71. The van der Waals surface area contributed by atoms with Crippen LogP contribution in [0.3, 0.4) is 0 Å². The van der Waals surface area contributed by atoms with Gasteiger partial charge in [0, 0.05) is 37.0 Å². The summed E-state index contributed by atoms with van der Waals surface area (Å²) < 4.78 is 11.5. The molecule has 1 fully saturated rings. The molecule has 0 saturated carbocycles. The van der Waals surface area contributed by atoms with Gasteiger partial charge >= 0.3 is 0 Å². The summed E-state index contributed by atoms with van der Waals surface area (Å²) in [7, 11) is 0. The molecule has 2 aromatic rings. The highest BCUT2D eigenvalue weighted by Gasteiger charge is 2.21. The van der Waals surface area contributed by atoms with Gasteiger partial charge in [0.05, 0.1) is 0 Å². The zero-order valence-corrected chi connectivity index (χ0v) is 13.0. The number of hydrogen-bond acceptors (Lipinski definition) is 3. The number of rotatable bonds is 2. The van der Waals surface area contributed by atoms with Crippen molar-refractivity contribution >= 4 is 11.1 Å². The van der Waals surface area contributed by atoms with Crippen LogP contribution in [-0.4, -0.2) is 18.2 Å². The molecule has 0 unspecified atom stereocenters. The third-order valence-corrected chi connectivity index (χ3v) is 3.71. The predicted molar refractivity (Wildman–Crippen MR) is 82.2 cm³/mol. The van der Waals surface area contributed by atoms with Gasteiger partial charge in [-0.25, -0.2) is 0 Å². The van der Waals surface area contributed by atoms with E-state index < -0.39 is 0 Å². The van der Waals surface area contributed by atoms with Crippen LogP contribution in [0.4, 0.5) is 0 Å². The molecule has 0 radical (unpaired) electrons. The van der Waals surface area contributed by atoms with E-state index in [0.717, 1.165) is 42.9 Å². The smallest absolute Gasteiger partial charge is 0.156 e. The minimum absolute atomic E-state index is 0.462. The van der Waals surface area contributed by atoms with Gasteiger partial charge in [0.2, 0.25) is 0 Å². The Morgan fingerprint density at radius 2 is 1.90 bits per heavy atom. The van der Waals surface area contributed by atoms with E-state index >= 15 is 0 Å². The summed E-state index contributed by atoms with van der Waals surface area (Å²) in [5, 5.41) is 0. The van der Waals surface area contributed by atoms with Gasteiger partial charge in [0.15, 0.2) is 5.58 Å². The molecule has 2 aromatic heterocycles. The van der Waals surface area contributed by atoms with E-state index in [0.29, 0.717) is 11.8 Å². The highest BCUT2D eigenvalue weighted by molar-refractivity contribution is 5.77. The molecule has 0 aliphatic carbocycles. The first kappa shape index (κ1) is 15.0. The van der Waals surface area contributed by atoms with E-state index in [1.807, 2.05) is 20.0 Å². The van der Waals surface area contributed by atoms with Crippen LogP contribution in [0.2, 0.25) is 0 Å². The minimum atomic E-state index is 0.462. The van der Waals surface area contributed by atoms with Crippen molar-refractivity contribution in [2.45, 2.75) is 52.4 Å². The number of fused-ring (bicyclic) bond motifs is 1. The average Bonchev–Trinajstić information content (AvgIpc) is 2.94. The molecular formula is C17H25NO2. The molecule has 3 nitrogen and oxygen atoms in total. The van der Waals surface area contributed by atoms with Crippen LogP contribution >= 0.6 is 0 Å². The van der Waals surface area contributed by atoms with Gasteiger partial charge in [0.25, 0.3) is 0 Å². The lowest BCUT2D eigenvalue weighted by Crippen LogP contribution is -2.13. The molecule has 1 aliphatic heterocycles. The molecular weight excluding hydrogens is 250 g/mol. The molecule has 1 aliphatic rings. The maximum Gasteiger partial charge on any atom is 0.156 e. The van der Waals surface area contributed by atoms with Crippen molar-refractivity contribution in [3.8, 4) is 0 Å². The van der Waals surface area contributed by atoms with Crippen LogP contribution in [0, 0.1) is 0 Å². The molecule has 0 atom stereocenters. The molecule has 3 rings (SSSR count). The summed E-state index contributed by atoms with van der Waals surface area (Å²) in [4.78, 5) is 4.41. The normalized spacial score (nSPS) is 16.2. The summed E-state index contributed by atoms with van der Waals surface area (Å²) in [6.07, 6.45) is 3.98. The molecule has 0 amide bonds. The Balaban J connectivity index is 0.000000704. The van der Waals surface area contributed by atoms with Gasteiger partial charge in [-0.1, -0.05) is 27.7 Å². The molecule has 110 valence electrons. The number of pyridine rings is 1. The number of nitrogens with zero attached hydrogens (tertiary/aromatic N) is 1. The second-order valence-corrected chi connectivity index (χ2v) is 5.30. The van der Waals surface area contributed by atoms with E-state index in [1.165, 1.54) is 5.56 Å². The molecule has 0 N–H and O–H groups in total. The molecule has 3 heterocycles. The van der Waals surface area contributed by atoms with E-state index in [9.17, 15) is 0 Å². The van der Waals surface area contributed by atoms with Crippen LogP contribution in [0.1, 0.15) is 63.7 Å². The highest BCUT2D eigenvalue weighted by Crippen LogP contribution is 2.33. The van der Waals surface area contributed by atoms with Crippen LogP contribution in [-0.2, 0) is 4.74 Å². The van der Waals surface area contributed by atoms with E-state index in [4.69, 9.17) is 9.15 Å². The number of aromatic nitrogens is 1. The van der Waals surface area contributed by atoms with Crippen molar-refractivity contribution in [3.05, 3.63) is 29.7 Å². The molecule has 0 spiro atoms. The lowest BCUT2D eigenvalue weighted by atomic mass is 9.97. The Labute approximate surface area is 121 Å². The zero-order chi connectivity index (χ0) is 14.5. The first-order valence-electron chi connectivity index (χ1n) is 7.72. The topological polar surface area (TPSA) is 35.3 Å². The van der Waals surface area contributed by atoms with Gasteiger partial charge in [-0.2, -0.15) is 0 Å². The summed E-state index contributed by atoms with van der Waals surface area (Å²) >= 11 is 0. The molecule has 20 heavy (non-hydrogen) atoms. The second-order valence-electron chi connectivity index (χ2n) is 5.30. The van der Waals surface area contributed by atoms with Gasteiger partial charge < -0.3 is 9.15 Å². The first-order chi connectivity index (χ1) is 9.75. The van der Waals surface area contributed by atoms with Gasteiger partial charge in [0.1, 0.15) is 11.3 Å². The maximum atomic E-state index is 6.08. The molecule has 0 aromatic carbocycles. The molecule has 1 saturated heterocycles. The van der Waals surface area contributed by atoms with Crippen molar-refractivity contribution in [3.63, 3.8) is 0 Å². The van der Waals surface area contributed by atoms with Gasteiger partial charge in [-0.15, -0.1) is 0 Å². The maximum absolute atomic E-state index is 6.08. The fraction of sp³-hybridized carbons (Fsp3) is 0.588. The van der Waals surface area contributed by atoms with Crippen molar-refractivity contribution in [1.29, 1.82) is 0 Å². The highest BCUT2D eigenvalue weighted by atomic mass is 16.5. The molecule has 0 bridgehead atoms. The van der Waals surface area contributed by atoms with Crippen molar-refractivity contribution in [2.75, 3.05) is 13.2 Å². The second kappa shape index (κ2) is 6.89. The van der Waals surface area contributed by atoms with E-state index in [-0.39, 0.29) is 0 Å². The average molecular weight is 275 g/mol. The van der Waals surface area contributed by atoms with E-state index in [1.54, 1.807) is 0 Å². The van der Waals surface area contributed by atoms with E-state index in [2.05, 4.69) is 31.0 Å². The van der Waals surface area contributed by atoms with Crippen LogP contribution < -0.4 is 0 Å². The van der Waals surface area contributed by atoms with Gasteiger partial charge in [-0.3, -0.25) is 4.98 Å². The quantitative estimate of drug-likeness (QED) is 0.784. The minimum Gasteiger partial charge on any atom is -0.459 e. The first-order valence-corrected chi connectivity index (χ1v) is 7.72. The van der Waals surface area contributed by atoms with Crippen molar-refractivity contribution < 1.29 is 9.15 Å². The third kappa shape index (κ3) is 3.04. The Kier molecular flexibility index (Phi) is 5.18. The van der Waals surface area contributed by atoms with Crippen LogP contribution in [0.25, 0.3) is 11.1 Å². The van der Waals surface area contributed by atoms with Crippen molar-refractivity contribution in [2.24, 2.45) is 0 Å². The predicted octanol–water partition coefficient (Wildman–Crippen LogP) is 4.87.